The normalized spacial score (nSPS) is 11.4. The molecule has 0 spiro atoms. The van der Waals surface area contributed by atoms with Crippen molar-refractivity contribution in [3.8, 4) is 11.5 Å². The van der Waals surface area contributed by atoms with Crippen molar-refractivity contribution >= 4 is 34.1 Å². The molecule has 0 aliphatic rings. The molecule has 0 heterocycles. The maximum atomic E-state index is 10.9. The van der Waals surface area contributed by atoms with Crippen LogP contribution in [0.1, 0.15) is 45.4 Å². The maximum Gasteiger partial charge on any atom is 0.269 e. The first kappa shape index (κ1) is 34.1. The number of ether oxygens (including phenoxy) is 2. The van der Waals surface area contributed by atoms with Gasteiger partial charge in [-0.25, -0.2) is 0 Å². The highest BCUT2D eigenvalue weighted by molar-refractivity contribution is 5.66. The van der Waals surface area contributed by atoms with Crippen LogP contribution in [0.3, 0.4) is 0 Å². The predicted molar refractivity (Wildman–Crippen MR) is 173 cm³/mol. The molecular weight excluding hydrogens is 562 g/mol. The average Bonchev–Trinajstić information content (AvgIpc) is 3.05. The minimum atomic E-state index is -0.468. The lowest BCUT2D eigenvalue weighted by atomic mass is 10.2. The van der Waals surface area contributed by atoms with Gasteiger partial charge < -0.3 is 24.8 Å². The first-order valence-corrected chi connectivity index (χ1v) is 15.0. The predicted octanol–water partition coefficient (Wildman–Crippen LogP) is 8.19. The van der Waals surface area contributed by atoms with Crippen molar-refractivity contribution < 1.29 is 19.5 Å². The summed E-state index contributed by atoms with van der Waals surface area (Å²) in [5, 5.41) is 40.4. The third kappa shape index (κ3) is 11.0. The fourth-order valence-corrected chi connectivity index (χ4v) is 4.48. The molecule has 0 saturated carbocycles. The molecular formula is C32H43N7O5. The smallest absolute Gasteiger partial charge is 0.269 e. The highest BCUT2D eigenvalue weighted by Crippen LogP contribution is 2.41. The summed E-state index contributed by atoms with van der Waals surface area (Å²) in [6, 6.07) is 17.1. The summed E-state index contributed by atoms with van der Waals surface area (Å²) in [5.41, 5.74) is 3.17. The lowest BCUT2D eigenvalue weighted by molar-refractivity contribution is -0.384. The first-order valence-electron chi connectivity index (χ1n) is 15.0. The molecule has 0 atom stereocenters. The molecule has 12 heteroatoms. The van der Waals surface area contributed by atoms with Crippen LogP contribution in [0.2, 0.25) is 0 Å². The molecule has 0 aromatic heterocycles. The molecule has 0 radical (unpaired) electrons. The number of nitro benzene ring substituents is 1. The summed E-state index contributed by atoms with van der Waals surface area (Å²) in [4.78, 5) is 12.8. The Balaban J connectivity index is 1.57. The van der Waals surface area contributed by atoms with Crippen molar-refractivity contribution in [3.63, 3.8) is 0 Å². The largest absolute Gasteiger partial charge is 0.494 e. The number of azo groups is 2. The standard InChI is InChI=1S/C32H43N7O5/c1-4-38(21-9-8-20-33-19-7-5-6-10-22-40)27-15-11-25(12-16-27)34-36-29-23-32(44-3)30(24-31(29)43-2)37-35-26-13-17-28(18-14-26)39(41)42/h11-18,23-24,33,40H,4-10,19-22H2,1-3H3. The van der Waals surface area contributed by atoms with Crippen LogP contribution in [0, 0.1) is 10.1 Å². The zero-order valence-electron chi connectivity index (χ0n) is 25.8. The number of anilines is 1. The van der Waals surface area contributed by atoms with E-state index >= 15 is 0 Å². The zero-order valence-corrected chi connectivity index (χ0v) is 25.8. The van der Waals surface area contributed by atoms with Gasteiger partial charge in [0, 0.05) is 49.6 Å². The van der Waals surface area contributed by atoms with Gasteiger partial charge in [0.25, 0.3) is 5.69 Å². The van der Waals surface area contributed by atoms with Gasteiger partial charge in [0.15, 0.2) is 0 Å². The Morgan fingerprint density at radius 2 is 1.30 bits per heavy atom. The molecule has 0 amide bonds. The SMILES string of the molecule is CCN(CCCCNCCCCCCO)c1ccc(N=Nc2cc(OC)c(N=Nc3ccc([N+](=O)[O-])cc3)cc2OC)cc1. The van der Waals surface area contributed by atoms with E-state index in [-0.39, 0.29) is 5.69 Å². The van der Waals surface area contributed by atoms with Gasteiger partial charge >= 0.3 is 0 Å². The van der Waals surface area contributed by atoms with Crippen molar-refractivity contribution in [1.29, 1.82) is 0 Å². The third-order valence-electron chi connectivity index (χ3n) is 6.98. The number of benzene rings is 3. The molecule has 44 heavy (non-hydrogen) atoms. The van der Waals surface area contributed by atoms with E-state index in [1.165, 1.54) is 44.9 Å². The maximum absolute atomic E-state index is 10.9. The molecule has 0 saturated heterocycles. The first-order chi connectivity index (χ1) is 21.5. The van der Waals surface area contributed by atoms with Gasteiger partial charge in [-0.15, -0.1) is 10.2 Å². The summed E-state index contributed by atoms with van der Waals surface area (Å²) in [6.07, 6.45) is 6.57. The van der Waals surface area contributed by atoms with Crippen molar-refractivity contribution in [2.75, 3.05) is 51.9 Å². The Morgan fingerprint density at radius 1 is 0.773 bits per heavy atom. The van der Waals surface area contributed by atoms with Crippen LogP contribution in [0.25, 0.3) is 0 Å². The minimum Gasteiger partial charge on any atom is -0.494 e. The molecule has 0 unspecified atom stereocenters. The second-order valence-electron chi connectivity index (χ2n) is 10.1. The second kappa shape index (κ2) is 19.0. The molecule has 0 aliphatic heterocycles. The summed E-state index contributed by atoms with van der Waals surface area (Å²) in [7, 11) is 3.05. The Bertz CT molecular complexity index is 1350. The quantitative estimate of drug-likeness (QED) is 0.0571. The van der Waals surface area contributed by atoms with Gasteiger partial charge in [0.1, 0.15) is 22.9 Å². The Kier molecular flexibility index (Phi) is 14.7. The number of nitrogens with zero attached hydrogens (tertiary/aromatic N) is 6. The Labute approximate surface area is 259 Å². The van der Waals surface area contributed by atoms with Crippen LogP contribution in [0.15, 0.2) is 81.1 Å². The molecule has 3 aromatic rings. The molecule has 0 fully saturated rings. The van der Waals surface area contributed by atoms with E-state index in [2.05, 4.69) is 49.7 Å². The zero-order chi connectivity index (χ0) is 31.6. The molecule has 236 valence electrons. The number of hydrogen-bond acceptors (Lipinski definition) is 11. The number of methoxy groups -OCH3 is 2. The molecule has 0 aliphatic carbocycles. The molecule has 0 bridgehead atoms. The molecule has 12 nitrogen and oxygen atoms in total. The van der Waals surface area contributed by atoms with E-state index in [9.17, 15) is 10.1 Å². The van der Waals surface area contributed by atoms with Gasteiger partial charge in [-0.3, -0.25) is 10.1 Å². The summed E-state index contributed by atoms with van der Waals surface area (Å²) in [5.74, 6) is 0.866. The minimum absolute atomic E-state index is 0.0211. The highest BCUT2D eigenvalue weighted by atomic mass is 16.6. The molecule has 3 aromatic carbocycles. The van der Waals surface area contributed by atoms with Crippen LogP contribution in [0.5, 0.6) is 11.5 Å². The summed E-state index contributed by atoms with van der Waals surface area (Å²) < 4.78 is 11.0. The Hall–Kier alpha value is -4.42. The van der Waals surface area contributed by atoms with Crippen molar-refractivity contribution in [1.82, 2.24) is 5.32 Å². The van der Waals surface area contributed by atoms with E-state index in [0.717, 1.165) is 64.0 Å². The second-order valence-corrected chi connectivity index (χ2v) is 10.1. The number of hydrogen-bond donors (Lipinski definition) is 2. The van der Waals surface area contributed by atoms with Gasteiger partial charge in [0.2, 0.25) is 0 Å². The number of rotatable bonds is 20. The van der Waals surface area contributed by atoms with E-state index in [1.807, 2.05) is 12.1 Å². The van der Waals surface area contributed by atoms with E-state index < -0.39 is 4.92 Å². The van der Waals surface area contributed by atoms with Crippen LogP contribution in [-0.4, -0.2) is 57.0 Å². The number of aliphatic hydroxyl groups is 1. The lowest BCUT2D eigenvalue weighted by Gasteiger charge is -2.23. The van der Waals surface area contributed by atoms with Gasteiger partial charge in [-0.1, -0.05) is 12.8 Å². The van der Waals surface area contributed by atoms with Crippen LogP contribution in [-0.2, 0) is 0 Å². The molecule has 3 rings (SSSR count). The van der Waals surface area contributed by atoms with Gasteiger partial charge in [0.05, 0.1) is 30.5 Å². The van der Waals surface area contributed by atoms with Crippen molar-refractivity contribution in [2.45, 2.75) is 45.4 Å². The van der Waals surface area contributed by atoms with E-state index in [4.69, 9.17) is 14.6 Å². The molecule has 2 N–H and O–H groups in total. The number of nitrogens with one attached hydrogen (secondary N) is 1. The van der Waals surface area contributed by atoms with Crippen LogP contribution in [0.4, 0.5) is 34.1 Å². The Morgan fingerprint density at radius 3 is 1.80 bits per heavy atom. The highest BCUT2D eigenvalue weighted by Gasteiger charge is 2.12. The van der Waals surface area contributed by atoms with Gasteiger partial charge in [-0.05, 0) is 82.1 Å². The van der Waals surface area contributed by atoms with Gasteiger partial charge in [-0.2, -0.15) is 10.2 Å². The van der Waals surface area contributed by atoms with Crippen LogP contribution < -0.4 is 19.7 Å². The summed E-state index contributed by atoms with van der Waals surface area (Å²) in [6.45, 7) is 6.42. The van der Waals surface area contributed by atoms with Crippen molar-refractivity contribution in [2.24, 2.45) is 20.5 Å². The number of nitro groups is 1. The number of aliphatic hydroxyl groups excluding tert-OH is 1. The number of non-ortho nitro benzene ring substituents is 1. The third-order valence-corrected chi connectivity index (χ3v) is 6.98. The topological polar surface area (TPSA) is 147 Å². The van der Waals surface area contributed by atoms with E-state index in [0.29, 0.717) is 40.9 Å². The lowest BCUT2D eigenvalue weighted by Crippen LogP contribution is -2.25. The fraction of sp³-hybridized carbons (Fsp3) is 0.438. The summed E-state index contributed by atoms with van der Waals surface area (Å²) >= 11 is 0. The fourth-order valence-electron chi connectivity index (χ4n) is 4.48. The average molecular weight is 606 g/mol. The number of unbranched alkanes of at least 4 members (excludes halogenated alkanes) is 4. The van der Waals surface area contributed by atoms with E-state index in [1.54, 1.807) is 12.1 Å². The monoisotopic (exact) mass is 605 g/mol. The van der Waals surface area contributed by atoms with Crippen LogP contribution >= 0.6 is 0 Å². The van der Waals surface area contributed by atoms with Crippen molar-refractivity contribution in [3.05, 3.63) is 70.8 Å².